The van der Waals surface area contributed by atoms with Gasteiger partial charge in [0.25, 0.3) is 0 Å². The van der Waals surface area contributed by atoms with Gasteiger partial charge in [-0.2, -0.15) is 0 Å². The molecule has 0 aromatic heterocycles. The van der Waals surface area contributed by atoms with E-state index in [0.29, 0.717) is 6.61 Å². The number of amides is 2. The second-order valence-corrected chi connectivity index (χ2v) is 7.90. The number of carbonyl (C=O) groups excluding carboxylic acids is 2. The van der Waals surface area contributed by atoms with E-state index in [1.54, 1.807) is 6.92 Å². The van der Waals surface area contributed by atoms with Crippen LogP contribution in [0.15, 0.2) is 54.6 Å². The molecule has 0 saturated carbocycles. The van der Waals surface area contributed by atoms with Crippen molar-refractivity contribution in [2.45, 2.75) is 37.4 Å². The van der Waals surface area contributed by atoms with Crippen LogP contribution in [0.3, 0.4) is 0 Å². The van der Waals surface area contributed by atoms with Gasteiger partial charge in [-0.1, -0.05) is 48.5 Å². The SMILES string of the molecule is C[C@H]1NC(=O)[C@@]2(C)[C@@H](c3ccccc3)[C@H]3COc4ccccc4[C@H]3N2C1=O. The van der Waals surface area contributed by atoms with Crippen LogP contribution in [0.1, 0.15) is 36.9 Å². The molecule has 138 valence electrons. The zero-order chi connectivity index (χ0) is 18.8. The van der Waals surface area contributed by atoms with Crippen molar-refractivity contribution in [3.05, 3.63) is 65.7 Å². The lowest BCUT2D eigenvalue weighted by Gasteiger charge is -2.45. The van der Waals surface area contributed by atoms with E-state index in [1.165, 1.54) is 0 Å². The van der Waals surface area contributed by atoms with Gasteiger partial charge >= 0.3 is 0 Å². The molecule has 2 aromatic rings. The number of carbonyl (C=O) groups is 2. The van der Waals surface area contributed by atoms with Gasteiger partial charge in [-0.05, 0) is 25.5 Å². The molecule has 0 radical (unpaired) electrons. The fourth-order valence-corrected chi connectivity index (χ4v) is 5.29. The predicted molar refractivity (Wildman–Crippen MR) is 100 cm³/mol. The van der Waals surface area contributed by atoms with Crippen LogP contribution in [0.4, 0.5) is 0 Å². The van der Waals surface area contributed by atoms with E-state index in [4.69, 9.17) is 4.74 Å². The van der Waals surface area contributed by atoms with Crippen LogP contribution < -0.4 is 10.1 Å². The minimum absolute atomic E-state index is 0.0206. The first kappa shape index (κ1) is 16.4. The number of hydrogen-bond donors (Lipinski definition) is 1. The normalized spacial score (nSPS) is 34.2. The quantitative estimate of drug-likeness (QED) is 0.848. The minimum atomic E-state index is -0.943. The average molecular weight is 362 g/mol. The third-order valence-electron chi connectivity index (χ3n) is 6.46. The molecular weight excluding hydrogens is 340 g/mol. The van der Waals surface area contributed by atoms with Crippen molar-refractivity contribution < 1.29 is 14.3 Å². The van der Waals surface area contributed by atoms with Gasteiger partial charge in [0.15, 0.2) is 0 Å². The topological polar surface area (TPSA) is 58.6 Å². The number of hydrogen-bond acceptors (Lipinski definition) is 3. The number of fused-ring (bicyclic) bond motifs is 5. The second kappa shape index (κ2) is 5.59. The maximum absolute atomic E-state index is 13.3. The summed E-state index contributed by atoms with van der Waals surface area (Å²) in [6, 6.07) is 17.2. The third kappa shape index (κ3) is 2.05. The van der Waals surface area contributed by atoms with Crippen molar-refractivity contribution in [3.63, 3.8) is 0 Å². The lowest BCUT2D eigenvalue weighted by Crippen LogP contribution is -2.68. The standard InChI is InChI=1S/C22H22N2O3/c1-13-20(25)24-19-15-10-6-7-11-17(15)27-12-16(19)18(14-8-4-3-5-9-14)22(24,2)21(26)23-13/h3-11,13,16,18-19H,12H2,1-2H3,(H,23,26)/t13-,16-,18+,19-,22-/m1/s1. The zero-order valence-corrected chi connectivity index (χ0v) is 15.4. The molecule has 3 aliphatic heterocycles. The Morgan fingerprint density at radius 2 is 1.78 bits per heavy atom. The number of para-hydroxylation sites is 1. The molecule has 2 aromatic carbocycles. The molecule has 3 heterocycles. The Bertz CT molecular complexity index is 928. The summed E-state index contributed by atoms with van der Waals surface area (Å²) in [7, 11) is 0. The first-order valence-electron chi connectivity index (χ1n) is 9.44. The lowest BCUT2D eigenvalue weighted by atomic mass is 9.73. The summed E-state index contributed by atoms with van der Waals surface area (Å²) >= 11 is 0. The summed E-state index contributed by atoms with van der Waals surface area (Å²) in [4.78, 5) is 28.4. The van der Waals surface area contributed by atoms with Crippen LogP contribution >= 0.6 is 0 Å². The van der Waals surface area contributed by atoms with Crippen molar-refractivity contribution in [2.75, 3.05) is 6.61 Å². The second-order valence-electron chi connectivity index (χ2n) is 7.90. The Kier molecular flexibility index (Phi) is 3.39. The van der Waals surface area contributed by atoms with Gasteiger partial charge in [0, 0.05) is 17.4 Å². The summed E-state index contributed by atoms with van der Waals surface area (Å²) in [5, 5.41) is 2.90. The van der Waals surface area contributed by atoms with Crippen molar-refractivity contribution >= 4 is 11.8 Å². The van der Waals surface area contributed by atoms with Gasteiger partial charge in [-0.3, -0.25) is 9.59 Å². The molecule has 0 unspecified atom stereocenters. The molecule has 0 bridgehead atoms. The Labute approximate surface area is 158 Å². The molecule has 5 atom stereocenters. The highest BCUT2D eigenvalue weighted by atomic mass is 16.5. The van der Waals surface area contributed by atoms with Crippen molar-refractivity contribution in [3.8, 4) is 5.75 Å². The molecule has 1 N–H and O–H groups in total. The van der Waals surface area contributed by atoms with Crippen molar-refractivity contribution in [1.82, 2.24) is 10.2 Å². The lowest BCUT2D eigenvalue weighted by molar-refractivity contribution is -0.156. The van der Waals surface area contributed by atoms with Gasteiger partial charge in [-0.15, -0.1) is 0 Å². The Balaban J connectivity index is 1.75. The van der Waals surface area contributed by atoms with Crippen LogP contribution in [-0.2, 0) is 9.59 Å². The Morgan fingerprint density at radius 1 is 1.07 bits per heavy atom. The van der Waals surface area contributed by atoms with E-state index in [2.05, 4.69) is 5.32 Å². The summed E-state index contributed by atoms with van der Waals surface area (Å²) in [5.74, 6) is 0.583. The maximum Gasteiger partial charge on any atom is 0.247 e. The molecule has 27 heavy (non-hydrogen) atoms. The van der Waals surface area contributed by atoms with Gasteiger partial charge in [0.1, 0.15) is 17.3 Å². The first-order valence-corrected chi connectivity index (χ1v) is 9.44. The zero-order valence-electron chi connectivity index (χ0n) is 15.4. The van der Waals surface area contributed by atoms with Crippen LogP contribution in [0.2, 0.25) is 0 Å². The van der Waals surface area contributed by atoms with E-state index in [1.807, 2.05) is 66.4 Å². The molecule has 5 rings (SSSR count). The number of rotatable bonds is 1. The predicted octanol–water partition coefficient (Wildman–Crippen LogP) is 2.64. The van der Waals surface area contributed by atoms with E-state index in [0.717, 1.165) is 16.9 Å². The molecule has 2 amide bonds. The molecule has 5 heteroatoms. The van der Waals surface area contributed by atoms with Gasteiger partial charge in [0.2, 0.25) is 11.8 Å². The van der Waals surface area contributed by atoms with Crippen LogP contribution in [0, 0.1) is 5.92 Å². The van der Waals surface area contributed by atoms with Crippen molar-refractivity contribution in [2.24, 2.45) is 5.92 Å². The highest BCUT2D eigenvalue weighted by Crippen LogP contribution is 2.59. The third-order valence-corrected chi connectivity index (χ3v) is 6.46. The number of nitrogens with zero attached hydrogens (tertiary/aromatic N) is 1. The smallest absolute Gasteiger partial charge is 0.247 e. The molecule has 2 fully saturated rings. The Morgan fingerprint density at radius 3 is 2.56 bits per heavy atom. The molecule has 0 aliphatic carbocycles. The number of piperazine rings is 1. The van der Waals surface area contributed by atoms with Crippen LogP contribution in [0.5, 0.6) is 5.75 Å². The molecule has 2 saturated heterocycles. The molecular formula is C22H22N2O3. The van der Waals surface area contributed by atoms with E-state index in [9.17, 15) is 9.59 Å². The van der Waals surface area contributed by atoms with E-state index in [-0.39, 0.29) is 29.7 Å². The van der Waals surface area contributed by atoms with Gasteiger partial charge in [0.05, 0.1) is 12.6 Å². The number of ether oxygens (including phenoxy) is 1. The van der Waals surface area contributed by atoms with Gasteiger partial charge < -0.3 is 15.0 Å². The first-order chi connectivity index (χ1) is 13.0. The summed E-state index contributed by atoms with van der Waals surface area (Å²) in [5.41, 5.74) is 1.12. The average Bonchev–Trinajstić information content (AvgIpc) is 2.97. The van der Waals surface area contributed by atoms with E-state index < -0.39 is 11.6 Å². The van der Waals surface area contributed by atoms with Crippen LogP contribution in [0.25, 0.3) is 0 Å². The minimum Gasteiger partial charge on any atom is -0.493 e. The molecule has 5 nitrogen and oxygen atoms in total. The highest BCUT2D eigenvalue weighted by Gasteiger charge is 2.66. The summed E-state index contributed by atoms with van der Waals surface area (Å²) in [6.45, 7) is 4.16. The molecule has 3 aliphatic rings. The Hall–Kier alpha value is -2.82. The van der Waals surface area contributed by atoms with Gasteiger partial charge in [-0.25, -0.2) is 0 Å². The highest BCUT2D eigenvalue weighted by molar-refractivity contribution is 6.01. The van der Waals surface area contributed by atoms with Crippen molar-refractivity contribution in [1.29, 1.82) is 0 Å². The fraction of sp³-hybridized carbons (Fsp3) is 0.364. The maximum atomic E-state index is 13.3. The van der Waals surface area contributed by atoms with Crippen LogP contribution in [-0.4, -0.2) is 34.9 Å². The number of nitrogens with one attached hydrogen (secondary N) is 1. The monoisotopic (exact) mass is 362 g/mol. The largest absolute Gasteiger partial charge is 0.493 e. The molecule has 0 spiro atoms. The van der Waals surface area contributed by atoms with E-state index >= 15 is 0 Å². The fourth-order valence-electron chi connectivity index (χ4n) is 5.29. The summed E-state index contributed by atoms with van der Waals surface area (Å²) < 4.78 is 6.07. The number of benzene rings is 2. The summed E-state index contributed by atoms with van der Waals surface area (Å²) in [6.07, 6.45) is 0.